The van der Waals surface area contributed by atoms with E-state index in [0.717, 1.165) is 26.5 Å². The molecule has 5 nitrogen and oxygen atoms in total. The lowest BCUT2D eigenvalue weighted by atomic mass is 10.2. The standard InChI is InChI=1S/C18H16BrN3O2S/c1-22(10-12-9-13(19)6-7-16(12)24-2)18(23)15-11-25-17(21-15)14-5-3-4-8-20-14/h3-9,11H,10H2,1-2H3. The molecule has 1 amide bonds. The molecule has 25 heavy (non-hydrogen) atoms. The maximum absolute atomic E-state index is 12.7. The Morgan fingerprint density at radius 1 is 1.32 bits per heavy atom. The second-order valence-electron chi connectivity index (χ2n) is 5.37. The third-order valence-corrected chi connectivity index (χ3v) is 4.96. The van der Waals surface area contributed by atoms with Gasteiger partial charge in [0.1, 0.15) is 16.5 Å². The zero-order valence-electron chi connectivity index (χ0n) is 13.8. The van der Waals surface area contributed by atoms with Gasteiger partial charge in [-0.05, 0) is 30.3 Å². The highest BCUT2D eigenvalue weighted by molar-refractivity contribution is 9.10. The molecule has 0 radical (unpaired) electrons. The summed E-state index contributed by atoms with van der Waals surface area (Å²) in [5, 5.41) is 2.50. The minimum atomic E-state index is -0.138. The smallest absolute Gasteiger partial charge is 0.273 e. The Bertz CT molecular complexity index is 883. The predicted octanol–water partition coefficient (Wildman–Crippen LogP) is 4.25. The van der Waals surface area contributed by atoms with Crippen molar-refractivity contribution in [3.63, 3.8) is 0 Å². The van der Waals surface area contributed by atoms with Crippen molar-refractivity contribution >= 4 is 33.2 Å². The number of pyridine rings is 1. The molecule has 0 aliphatic heterocycles. The second kappa shape index (κ2) is 7.76. The predicted molar refractivity (Wildman–Crippen MR) is 102 cm³/mol. The van der Waals surface area contributed by atoms with E-state index in [1.807, 2.05) is 36.4 Å². The summed E-state index contributed by atoms with van der Waals surface area (Å²) in [4.78, 5) is 23.0. The van der Waals surface area contributed by atoms with Gasteiger partial charge in [-0.25, -0.2) is 4.98 Å². The summed E-state index contributed by atoms with van der Waals surface area (Å²) in [6.45, 7) is 0.428. The van der Waals surface area contributed by atoms with E-state index in [1.165, 1.54) is 11.3 Å². The van der Waals surface area contributed by atoms with Gasteiger partial charge in [0.25, 0.3) is 5.91 Å². The van der Waals surface area contributed by atoms with Crippen molar-refractivity contribution in [2.24, 2.45) is 0 Å². The van der Waals surface area contributed by atoms with Crippen LogP contribution in [0.25, 0.3) is 10.7 Å². The Morgan fingerprint density at radius 3 is 2.88 bits per heavy atom. The molecule has 0 saturated heterocycles. The Labute approximate surface area is 158 Å². The van der Waals surface area contributed by atoms with Gasteiger partial charge in [0.15, 0.2) is 0 Å². The van der Waals surface area contributed by atoms with Gasteiger partial charge in [-0.15, -0.1) is 11.3 Å². The molecule has 0 aliphatic carbocycles. The molecule has 0 spiro atoms. The van der Waals surface area contributed by atoms with Gasteiger partial charge >= 0.3 is 0 Å². The van der Waals surface area contributed by atoms with Crippen LogP contribution in [-0.4, -0.2) is 34.9 Å². The number of amides is 1. The van der Waals surface area contributed by atoms with Crippen molar-refractivity contribution in [3.05, 3.63) is 63.7 Å². The van der Waals surface area contributed by atoms with Gasteiger partial charge in [-0.2, -0.15) is 0 Å². The van der Waals surface area contributed by atoms with E-state index in [-0.39, 0.29) is 5.91 Å². The number of carbonyl (C=O) groups excluding carboxylic acids is 1. The maximum atomic E-state index is 12.7. The number of nitrogens with zero attached hydrogens (tertiary/aromatic N) is 3. The molecule has 0 atom stereocenters. The first-order chi connectivity index (χ1) is 12.1. The number of hydrogen-bond acceptors (Lipinski definition) is 5. The van der Waals surface area contributed by atoms with Crippen LogP contribution in [0.15, 0.2) is 52.4 Å². The molecular weight excluding hydrogens is 402 g/mol. The minimum absolute atomic E-state index is 0.138. The van der Waals surface area contributed by atoms with Crippen molar-refractivity contribution in [3.8, 4) is 16.5 Å². The van der Waals surface area contributed by atoms with Crippen molar-refractivity contribution in [1.29, 1.82) is 0 Å². The zero-order valence-corrected chi connectivity index (χ0v) is 16.2. The highest BCUT2D eigenvalue weighted by atomic mass is 79.9. The van der Waals surface area contributed by atoms with Crippen LogP contribution in [-0.2, 0) is 6.54 Å². The molecule has 0 saturated carbocycles. The third-order valence-electron chi connectivity index (χ3n) is 3.60. The molecule has 7 heteroatoms. The minimum Gasteiger partial charge on any atom is -0.496 e. The van der Waals surface area contributed by atoms with Crippen LogP contribution >= 0.6 is 27.3 Å². The van der Waals surface area contributed by atoms with E-state index in [9.17, 15) is 4.79 Å². The van der Waals surface area contributed by atoms with E-state index < -0.39 is 0 Å². The third kappa shape index (κ3) is 4.05. The molecule has 2 heterocycles. The van der Waals surface area contributed by atoms with Crippen molar-refractivity contribution < 1.29 is 9.53 Å². The average molecular weight is 418 g/mol. The lowest BCUT2D eigenvalue weighted by molar-refractivity contribution is 0.0779. The number of carbonyl (C=O) groups is 1. The monoisotopic (exact) mass is 417 g/mol. The lowest BCUT2D eigenvalue weighted by Crippen LogP contribution is -2.26. The molecule has 0 N–H and O–H groups in total. The fourth-order valence-corrected chi connectivity index (χ4v) is 3.55. The summed E-state index contributed by atoms with van der Waals surface area (Å²) in [6, 6.07) is 11.4. The Hall–Kier alpha value is -2.25. The van der Waals surface area contributed by atoms with Gasteiger partial charge in [-0.3, -0.25) is 9.78 Å². The quantitative estimate of drug-likeness (QED) is 0.622. The number of benzene rings is 1. The molecule has 0 bridgehead atoms. The van der Waals surface area contributed by atoms with Gasteiger partial charge in [-0.1, -0.05) is 22.0 Å². The molecule has 0 unspecified atom stereocenters. The Balaban J connectivity index is 1.77. The molecule has 0 fully saturated rings. The summed E-state index contributed by atoms with van der Waals surface area (Å²) >= 11 is 4.86. The van der Waals surface area contributed by atoms with Crippen LogP contribution in [0.2, 0.25) is 0 Å². The molecule has 3 aromatic rings. The number of hydrogen-bond donors (Lipinski definition) is 0. The number of aromatic nitrogens is 2. The van der Waals surface area contributed by atoms with Gasteiger partial charge in [0.2, 0.25) is 0 Å². The van der Waals surface area contributed by atoms with E-state index in [0.29, 0.717) is 12.2 Å². The van der Waals surface area contributed by atoms with Gasteiger partial charge < -0.3 is 9.64 Å². The zero-order chi connectivity index (χ0) is 17.8. The second-order valence-corrected chi connectivity index (χ2v) is 7.14. The first-order valence-electron chi connectivity index (χ1n) is 7.53. The number of halogens is 1. The summed E-state index contributed by atoms with van der Waals surface area (Å²) in [5.74, 6) is 0.607. The van der Waals surface area contributed by atoms with E-state index in [2.05, 4.69) is 25.9 Å². The fraction of sp³-hybridized carbons (Fsp3) is 0.167. The van der Waals surface area contributed by atoms with Crippen LogP contribution in [0.4, 0.5) is 0 Å². The van der Waals surface area contributed by atoms with Crippen LogP contribution in [0.1, 0.15) is 16.1 Å². The van der Waals surface area contributed by atoms with E-state index >= 15 is 0 Å². The van der Waals surface area contributed by atoms with Gasteiger partial charge in [0, 0.05) is 35.2 Å². The maximum Gasteiger partial charge on any atom is 0.273 e. The summed E-state index contributed by atoms with van der Waals surface area (Å²) in [5.41, 5.74) is 2.11. The van der Waals surface area contributed by atoms with Crippen LogP contribution < -0.4 is 4.74 Å². The number of ether oxygens (including phenoxy) is 1. The average Bonchev–Trinajstić information content (AvgIpc) is 3.12. The largest absolute Gasteiger partial charge is 0.496 e. The Kier molecular flexibility index (Phi) is 5.45. The SMILES string of the molecule is COc1ccc(Br)cc1CN(C)C(=O)c1csc(-c2ccccn2)n1. The molecule has 1 aromatic carbocycles. The highest BCUT2D eigenvalue weighted by Gasteiger charge is 2.18. The normalized spacial score (nSPS) is 10.5. The summed E-state index contributed by atoms with van der Waals surface area (Å²) in [7, 11) is 3.37. The van der Waals surface area contributed by atoms with E-state index in [4.69, 9.17) is 4.74 Å². The molecular formula is C18H16BrN3O2S. The Morgan fingerprint density at radius 2 is 2.16 bits per heavy atom. The van der Waals surface area contributed by atoms with Crippen LogP contribution in [0.5, 0.6) is 5.75 Å². The van der Waals surface area contributed by atoms with Crippen molar-refractivity contribution in [2.75, 3.05) is 14.2 Å². The van der Waals surface area contributed by atoms with E-state index in [1.54, 1.807) is 30.6 Å². The van der Waals surface area contributed by atoms with Gasteiger partial charge in [0.05, 0.1) is 12.8 Å². The molecule has 128 valence electrons. The first-order valence-corrected chi connectivity index (χ1v) is 9.20. The fourth-order valence-electron chi connectivity index (χ4n) is 2.37. The number of rotatable bonds is 5. The number of thiazole rings is 1. The molecule has 2 aromatic heterocycles. The molecule has 3 rings (SSSR count). The van der Waals surface area contributed by atoms with Crippen LogP contribution in [0, 0.1) is 0 Å². The lowest BCUT2D eigenvalue weighted by Gasteiger charge is -2.18. The van der Waals surface area contributed by atoms with Crippen LogP contribution in [0.3, 0.4) is 0 Å². The number of methoxy groups -OCH3 is 1. The molecule has 0 aliphatic rings. The first kappa shape index (κ1) is 17.6. The topological polar surface area (TPSA) is 55.3 Å². The van der Waals surface area contributed by atoms with Crippen molar-refractivity contribution in [1.82, 2.24) is 14.9 Å². The van der Waals surface area contributed by atoms with Crippen molar-refractivity contribution in [2.45, 2.75) is 6.54 Å². The highest BCUT2D eigenvalue weighted by Crippen LogP contribution is 2.25. The summed E-state index contributed by atoms with van der Waals surface area (Å²) in [6.07, 6.45) is 1.71. The summed E-state index contributed by atoms with van der Waals surface area (Å²) < 4.78 is 6.31.